The van der Waals surface area contributed by atoms with Crippen LogP contribution in [0.4, 0.5) is 22.0 Å². The molecule has 2 N–H and O–H groups in total. The molecule has 3 atom stereocenters. The number of hydrogen-bond acceptors (Lipinski definition) is 8. The molecule has 4 aromatic rings. The molecule has 2 amide bonds. The number of halogens is 5. The number of nitrogens with zero attached hydrogens (tertiary/aromatic N) is 7. The number of nitrogens with one attached hydrogen (secondary N) is 2. The van der Waals surface area contributed by atoms with Gasteiger partial charge in [0.05, 0.1) is 35.2 Å². The van der Waals surface area contributed by atoms with Crippen molar-refractivity contribution in [1.82, 2.24) is 45.3 Å². The maximum absolute atomic E-state index is 14.1. The summed E-state index contributed by atoms with van der Waals surface area (Å²) in [6.07, 6.45) is 0.578. The average Bonchev–Trinajstić information content (AvgIpc) is 3.32. The number of hydrogen-bond donors (Lipinski definition) is 2. The van der Waals surface area contributed by atoms with Gasteiger partial charge in [0.1, 0.15) is 11.7 Å². The molecule has 2 aliphatic carbocycles. The molecule has 7 rings (SSSR count). The quantitative estimate of drug-likeness (QED) is 0.274. The molecule has 46 heavy (non-hydrogen) atoms. The van der Waals surface area contributed by atoms with E-state index in [-0.39, 0.29) is 55.3 Å². The zero-order valence-corrected chi connectivity index (χ0v) is 24.6. The number of imidazole rings is 1. The fraction of sp³-hybridized carbons (Fsp3) is 0.552. The van der Waals surface area contributed by atoms with Crippen molar-refractivity contribution < 1.29 is 36.2 Å². The smallest absolute Gasteiger partial charge is 0.344 e. The Balaban J connectivity index is 1.20. The second-order valence-electron chi connectivity index (χ2n) is 12.7. The number of aryl methyl sites for hydroxylation is 1. The molecule has 3 fully saturated rings. The molecule has 12 nitrogen and oxygen atoms in total. The number of fused-ring (bicyclic) bond motifs is 1. The van der Waals surface area contributed by atoms with E-state index in [1.807, 2.05) is 0 Å². The highest BCUT2D eigenvalue weighted by Crippen LogP contribution is 2.44. The minimum Gasteiger partial charge on any atom is -0.344 e. The monoisotopic (exact) mass is 647 g/mol. The standard InChI is InChI=1S/C29H30F5N9O3/c1-42-9-6-19(39-42)27(12-20(29(32,33)34)37-26(27)45)11-15-10-21-36-18(14-43(21)35-13-15)22(17-4-7-28(30,31)8-5-17)38-25(44)24-23(16-2-3-16)40-46-41-24/h6,9-10,13-14,16-17,20,22H,2-5,7-8,11-12H2,1H3,(H,37,45)(H,38,44)/t20-,22-,27-/m0/s1. The summed E-state index contributed by atoms with van der Waals surface area (Å²) in [5.74, 6) is -4.43. The van der Waals surface area contributed by atoms with Gasteiger partial charge in [-0.2, -0.15) is 23.4 Å². The van der Waals surface area contributed by atoms with Crippen LogP contribution in [-0.2, 0) is 23.7 Å². The van der Waals surface area contributed by atoms with Crippen molar-refractivity contribution in [2.75, 3.05) is 0 Å². The Morgan fingerprint density at radius 1 is 1.20 bits per heavy atom. The molecule has 2 saturated carbocycles. The average molecular weight is 648 g/mol. The van der Waals surface area contributed by atoms with Crippen molar-refractivity contribution in [1.29, 1.82) is 0 Å². The Hall–Kier alpha value is -4.44. The van der Waals surface area contributed by atoms with Crippen LogP contribution in [0.1, 0.15) is 90.0 Å². The molecule has 17 heteroatoms. The molecule has 4 aromatic heterocycles. The third-order valence-corrected chi connectivity index (χ3v) is 9.32. The zero-order chi connectivity index (χ0) is 32.4. The maximum Gasteiger partial charge on any atom is 0.408 e. The summed E-state index contributed by atoms with van der Waals surface area (Å²) >= 11 is 0. The van der Waals surface area contributed by atoms with Crippen LogP contribution in [0, 0.1) is 5.92 Å². The van der Waals surface area contributed by atoms with E-state index in [0.29, 0.717) is 22.6 Å². The highest BCUT2D eigenvalue weighted by atomic mass is 19.4. The second kappa shape index (κ2) is 10.8. The summed E-state index contributed by atoms with van der Waals surface area (Å²) < 4.78 is 77.0. The first-order valence-corrected chi connectivity index (χ1v) is 15.0. The molecule has 0 bridgehead atoms. The minimum atomic E-state index is -4.64. The highest BCUT2D eigenvalue weighted by molar-refractivity contribution is 5.93. The van der Waals surface area contributed by atoms with Crippen molar-refractivity contribution in [2.45, 2.75) is 86.9 Å². The van der Waals surface area contributed by atoms with Crippen LogP contribution in [0.5, 0.6) is 0 Å². The van der Waals surface area contributed by atoms with Gasteiger partial charge in [0.15, 0.2) is 11.3 Å². The third-order valence-electron chi connectivity index (χ3n) is 9.32. The molecule has 3 aliphatic rings. The highest BCUT2D eigenvalue weighted by Gasteiger charge is 2.57. The van der Waals surface area contributed by atoms with Crippen LogP contribution in [0.15, 0.2) is 35.4 Å². The lowest BCUT2D eigenvalue weighted by molar-refractivity contribution is -0.155. The minimum absolute atomic E-state index is 0.0460. The van der Waals surface area contributed by atoms with Gasteiger partial charge in [0.25, 0.3) is 5.91 Å². The van der Waals surface area contributed by atoms with E-state index in [4.69, 9.17) is 4.63 Å². The molecule has 244 valence electrons. The van der Waals surface area contributed by atoms with Gasteiger partial charge in [-0.1, -0.05) is 5.16 Å². The van der Waals surface area contributed by atoms with Crippen LogP contribution < -0.4 is 10.6 Å². The van der Waals surface area contributed by atoms with E-state index in [1.54, 1.807) is 25.5 Å². The Labute approximate surface area is 258 Å². The predicted octanol–water partition coefficient (Wildman–Crippen LogP) is 3.95. The van der Waals surface area contributed by atoms with E-state index in [0.717, 1.165) is 12.8 Å². The van der Waals surface area contributed by atoms with Crippen LogP contribution in [0.25, 0.3) is 5.65 Å². The van der Waals surface area contributed by atoms with Crippen LogP contribution in [0.2, 0.25) is 0 Å². The zero-order valence-electron chi connectivity index (χ0n) is 24.6. The van der Waals surface area contributed by atoms with E-state index < -0.39 is 47.8 Å². The number of rotatable bonds is 8. The Morgan fingerprint density at radius 2 is 1.96 bits per heavy atom. The maximum atomic E-state index is 14.1. The van der Waals surface area contributed by atoms with Crippen molar-refractivity contribution in [3.63, 3.8) is 0 Å². The van der Waals surface area contributed by atoms with E-state index in [9.17, 15) is 31.5 Å². The second-order valence-corrected chi connectivity index (χ2v) is 12.7. The van der Waals surface area contributed by atoms with Crippen LogP contribution in [0.3, 0.4) is 0 Å². The fourth-order valence-electron chi connectivity index (χ4n) is 6.67. The number of alkyl halides is 5. The molecule has 1 saturated heterocycles. The molecule has 0 spiro atoms. The summed E-state index contributed by atoms with van der Waals surface area (Å²) in [6.45, 7) is 0. The SMILES string of the molecule is Cn1ccc([C@]2(Cc3cnn4cc([C@@H](NC(=O)c5nonc5C5CC5)C5CCC(F)(F)CC5)nc4c3)C[C@@H](C(F)(F)F)NC2=O)n1. The van der Waals surface area contributed by atoms with Crippen molar-refractivity contribution >= 4 is 17.5 Å². The number of carbonyl (C=O) groups is 2. The van der Waals surface area contributed by atoms with E-state index >= 15 is 0 Å². The fourth-order valence-corrected chi connectivity index (χ4v) is 6.67. The topological polar surface area (TPSA) is 145 Å². The summed E-state index contributed by atoms with van der Waals surface area (Å²) in [5, 5.41) is 21.4. The molecular weight excluding hydrogens is 617 g/mol. The van der Waals surface area contributed by atoms with Crippen LogP contribution in [-0.4, -0.2) is 64.6 Å². The van der Waals surface area contributed by atoms with Crippen molar-refractivity contribution in [2.24, 2.45) is 13.0 Å². The Morgan fingerprint density at radius 3 is 2.61 bits per heavy atom. The van der Waals surface area contributed by atoms with Crippen molar-refractivity contribution in [3.05, 3.63) is 59.1 Å². The van der Waals surface area contributed by atoms with Gasteiger partial charge in [0, 0.05) is 32.0 Å². The summed E-state index contributed by atoms with van der Waals surface area (Å²) in [7, 11) is 1.61. The normalized spacial score (nSPS) is 24.3. The Kier molecular flexibility index (Phi) is 7.12. The molecule has 0 radical (unpaired) electrons. The molecule has 1 aliphatic heterocycles. The first-order valence-electron chi connectivity index (χ1n) is 15.0. The number of aromatic nitrogens is 7. The van der Waals surface area contributed by atoms with E-state index in [1.165, 1.54) is 21.5 Å². The summed E-state index contributed by atoms with van der Waals surface area (Å²) in [4.78, 5) is 31.3. The van der Waals surface area contributed by atoms with Gasteiger partial charge in [-0.15, -0.1) is 0 Å². The van der Waals surface area contributed by atoms with E-state index in [2.05, 4.69) is 36.1 Å². The van der Waals surface area contributed by atoms with Crippen LogP contribution >= 0.6 is 0 Å². The van der Waals surface area contributed by atoms with Gasteiger partial charge >= 0.3 is 6.18 Å². The molecule has 5 heterocycles. The number of amides is 2. The summed E-state index contributed by atoms with van der Waals surface area (Å²) in [6, 6.07) is 0.323. The Bertz CT molecular complexity index is 1790. The van der Waals surface area contributed by atoms with Gasteiger partial charge < -0.3 is 10.6 Å². The molecular formula is C29H30F5N9O3. The van der Waals surface area contributed by atoms with Gasteiger partial charge in [0.2, 0.25) is 11.8 Å². The first-order chi connectivity index (χ1) is 21.8. The lowest BCUT2D eigenvalue weighted by atomic mass is 9.76. The number of carbonyl (C=O) groups excluding carboxylic acids is 2. The van der Waals surface area contributed by atoms with Crippen molar-refractivity contribution in [3.8, 4) is 0 Å². The molecule has 0 unspecified atom stereocenters. The van der Waals surface area contributed by atoms with Gasteiger partial charge in [-0.3, -0.25) is 14.3 Å². The van der Waals surface area contributed by atoms with Gasteiger partial charge in [-0.05, 0) is 67.3 Å². The molecule has 0 aromatic carbocycles. The lowest BCUT2D eigenvalue weighted by Crippen LogP contribution is -2.40. The first kappa shape index (κ1) is 30.2. The third kappa shape index (κ3) is 5.59. The lowest BCUT2D eigenvalue weighted by Gasteiger charge is -2.33. The summed E-state index contributed by atoms with van der Waals surface area (Å²) in [5.41, 5.74) is 0.209. The van der Waals surface area contributed by atoms with Gasteiger partial charge in [-0.25, -0.2) is 22.9 Å². The largest absolute Gasteiger partial charge is 0.408 e. The predicted molar refractivity (Wildman–Crippen MR) is 148 cm³/mol.